The standard InChI is InChI=1S/C15H23NO3/c1-10-8-14(18-4)12(3)11(2)13(10)9-16-7-6-15(17)19-5/h8,16H,6-7,9H2,1-5H3. The van der Waals surface area contributed by atoms with Crippen molar-refractivity contribution in [1.29, 1.82) is 0 Å². The molecule has 0 saturated carbocycles. The van der Waals surface area contributed by atoms with Crippen molar-refractivity contribution in [1.82, 2.24) is 5.32 Å². The Kier molecular flexibility index (Phi) is 5.83. The Labute approximate surface area is 115 Å². The molecular formula is C15H23NO3. The van der Waals surface area contributed by atoms with Crippen molar-refractivity contribution in [2.45, 2.75) is 33.7 Å². The fourth-order valence-corrected chi connectivity index (χ4v) is 2.09. The summed E-state index contributed by atoms with van der Waals surface area (Å²) in [4.78, 5) is 11.0. The second-order valence-corrected chi connectivity index (χ2v) is 4.63. The maximum Gasteiger partial charge on any atom is 0.306 e. The summed E-state index contributed by atoms with van der Waals surface area (Å²) in [6.45, 7) is 7.61. The van der Waals surface area contributed by atoms with Gasteiger partial charge in [-0.1, -0.05) is 0 Å². The number of hydrogen-bond donors (Lipinski definition) is 1. The average molecular weight is 265 g/mol. The van der Waals surface area contributed by atoms with E-state index in [1.807, 2.05) is 0 Å². The number of esters is 1. The molecule has 0 bridgehead atoms. The van der Waals surface area contributed by atoms with Crippen LogP contribution >= 0.6 is 0 Å². The van der Waals surface area contributed by atoms with Gasteiger partial charge in [0.15, 0.2) is 0 Å². The molecule has 4 heteroatoms. The van der Waals surface area contributed by atoms with Crippen LogP contribution in [0.15, 0.2) is 6.07 Å². The fraction of sp³-hybridized carbons (Fsp3) is 0.533. The van der Waals surface area contributed by atoms with Crippen molar-refractivity contribution in [3.63, 3.8) is 0 Å². The van der Waals surface area contributed by atoms with Crippen molar-refractivity contribution in [3.8, 4) is 5.75 Å². The van der Waals surface area contributed by atoms with Crippen molar-refractivity contribution in [2.24, 2.45) is 0 Å². The molecule has 0 heterocycles. The molecule has 19 heavy (non-hydrogen) atoms. The van der Waals surface area contributed by atoms with Gasteiger partial charge in [-0.3, -0.25) is 4.79 Å². The Morgan fingerprint density at radius 1 is 1.21 bits per heavy atom. The zero-order chi connectivity index (χ0) is 14.4. The average Bonchev–Trinajstić information content (AvgIpc) is 2.41. The van der Waals surface area contributed by atoms with E-state index >= 15 is 0 Å². The van der Waals surface area contributed by atoms with E-state index in [0.717, 1.165) is 17.9 Å². The maximum atomic E-state index is 11.0. The maximum absolute atomic E-state index is 11.0. The quantitative estimate of drug-likeness (QED) is 0.633. The molecule has 0 saturated heterocycles. The first-order chi connectivity index (χ1) is 9.01. The summed E-state index contributed by atoms with van der Waals surface area (Å²) >= 11 is 0. The molecule has 1 N–H and O–H groups in total. The number of carbonyl (C=O) groups is 1. The minimum Gasteiger partial charge on any atom is -0.496 e. The van der Waals surface area contributed by atoms with Gasteiger partial charge in [-0.2, -0.15) is 0 Å². The minimum absolute atomic E-state index is 0.188. The van der Waals surface area contributed by atoms with Gasteiger partial charge in [-0.15, -0.1) is 0 Å². The van der Waals surface area contributed by atoms with Crippen LogP contribution in [-0.4, -0.2) is 26.7 Å². The van der Waals surface area contributed by atoms with E-state index in [4.69, 9.17) is 4.74 Å². The van der Waals surface area contributed by atoms with Crippen LogP contribution in [0.3, 0.4) is 0 Å². The molecule has 1 aromatic carbocycles. The smallest absolute Gasteiger partial charge is 0.306 e. The fourth-order valence-electron chi connectivity index (χ4n) is 2.09. The highest BCUT2D eigenvalue weighted by Crippen LogP contribution is 2.27. The lowest BCUT2D eigenvalue weighted by Gasteiger charge is -2.16. The SMILES string of the molecule is COC(=O)CCNCc1c(C)cc(OC)c(C)c1C. The summed E-state index contributed by atoms with van der Waals surface area (Å²) in [5, 5.41) is 3.27. The minimum atomic E-state index is -0.188. The Bertz CT molecular complexity index is 455. The largest absolute Gasteiger partial charge is 0.496 e. The van der Waals surface area contributed by atoms with Gasteiger partial charge in [0.1, 0.15) is 5.75 Å². The molecule has 0 atom stereocenters. The van der Waals surface area contributed by atoms with Crippen LogP contribution in [0, 0.1) is 20.8 Å². The van der Waals surface area contributed by atoms with Crippen LogP contribution in [0.4, 0.5) is 0 Å². The predicted molar refractivity (Wildman–Crippen MR) is 75.5 cm³/mol. The number of carbonyl (C=O) groups excluding carboxylic acids is 1. The summed E-state index contributed by atoms with van der Waals surface area (Å²) in [5.41, 5.74) is 4.87. The van der Waals surface area contributed by atoms with Gasteiger partial charge in [-0.25, -0.2) is 0 Å². The lowest BCUT2D eigenvalue weighted by atomic mass is 9.97. The lowest BCUT2D eigenvalue weighted by molar-refractivity contribution is -0.140. The molecule has 1 rings (SSSR count). The number of hydrogen-bond acceptors (Lipinski definition) is 4. The monoisotopic (exact) mass is 265 g/mol. The van der Waals surface area contributed by atoms with Gasteiger partial charge in [0.25, 0.3) is 0 Å². The summed E-state index contributed by atoms with van der Waals surface area (Å²) < 4.78 is 9.96. The van der Waals surface area contributed by atoms with Gasteiger partial charge in [0, 0.05) is 13.1 Å². The van der Waals surface area contributed by atoms with Crippen LogP contribution in [0.5, 0.6) is 5.75 Å². The second-order valence-electron chi connectivity index (χ2n) is 4.63. The number of benzene rings is 1. The summed E-state index contributed by atoms with van der Waals surface area (Å²) in [5.74, 6) is 0.736. The third-order valence-corrected chi connectivity index (χ3v) is 3.46. The summed E-state index contributed by atoms with van der Waals surface area (Å²) in [7, 11) is 3.10. The lowest BCUT2D eigenvalue weighted by Crippen LogP contribution is -2.19. The van der Waals surface area contributed by atoms with E-state index in [0.29, 0.717) is 13.0 Å². The summed E-state index contributed by atoms with van der Waals surface area (Å²) in [6, 6.07) is 2.06. The molecule has 0 aromatic heterocycles. The third-order valence-electron chi connectivity index (χ3n) is 3.46. The van der Waals surface area contributed by atoms with Gasteiger partial charge in [0.2, 0.25) is 0 Å². The Morgan fingerprint density at radius 2 is 1.89 bits per heavy atom. The van der Waals surface area contributed by atoms with Crippen LogP contribution < -0.4 is 10.1 Å². The number of methoxy groups -OCH3 is 2. The molecule has 0 aliphatic heterocycles. The first kappa shape index (κ1) is 15.5. The van der Waals surface area contributed by atoms with E-state index < -0.39 is 0 Å². The molecule has 0 fully saturated rings. The third kappa shape index (κ3) is 3.96. The first-order valence-electron chi connectivity index (χ1n) is 6.42. The van der Waals surface area contributed by atoms with Crippen LogP contribution in [0.1, 0.15) is 28.7 Å². The molecule has 0 aliphatic carbocycles. The summed E-state index contributed by atoms with van der Waals surface area (Å²) in [6.07, 6.45) is 0.393. The molecule has 0 spiro atoms. The molecule has 4 nitrogen and oxygen atoms in total. The first-order valence-corrected chi connectivity index (χ1v) is 6.42. The van der Waals surface area contributed by atoms with E-state index in [2.05, 4.69) is 36.9 Å². The van der Waals surface area contributed by atoms with Gasteiger partial charge in [-0.05, 0) is 49.1 Å². The molecule has 0 aliphatic rings. The van der Waals surface area contributed by atoms with Crippen LogP contribution in [0.25, 0.3) is 0 Å². The normalized spacial score (nSPS) is 10.4. The molecule has 106 valence electrons. The van der Waals surface area contributed by atoms with Gasteiger partial charge >= 0.3 is 5.97 Å². The van der Waals surface area contributed by atoms with E-state index in [1.165, 1.54) is 23.8 Å². The highest BCUT2D eigenvalue weighted by molar-refractivity contribution is 5.69. The van der Waals surface area contributed by atoms with Crippen molar-refractivity contribution in [3.05, 3.63) is 28.3 Å². The second kappa shape index (κ2) is 7.14. The van der Waals surface area contributed by atoms with Gasteiger partial charge in [0.05, 0.1) is 20.6 Å². The topological polar surface area (TPSA) is 47.6 Å². The molecule has 0 radical (unpaired) electrons. The Balaban J connectivity index is 2.69. The number of aryl methyl sites for hydroxylation is 1. The van der Waals surface area contributed by atoms with Crippen LogP contribution in [-0.2, 0) is 16.1 Å². The number of nitrogens with one attached hydrogen (secondary N) is 1. The zero-order valence-electron chi connectivity index (χ0n) is 12.4. The zero-order valence-corrected chi connectivity index (χ0v) is 12.4. The Hall–Kier alpha value is -1.55. The molecule has 1 aromatic rings. The molecule has 0 amide bonds. The van der Waals surface area contributed by atoms with Crippen molar-refractivity contribution in [2.75, 3.05) is 20.8 Å². The van der Waals surface area contributed by atoms with E-state index in [9.17, 15) is 4.79 Å². The Morgan fingerprint density at radius 3 is 2.47 bits per heavy atom. The molecular weight excluding hydrogens is 242 g/mol. The molecule has 0 unspecified atom stereocenters. The van der Waals surface area contributed by atoms with E-state index in [-0.39, 0.29) is 5.97 Å². The highest BCUT2D eigenvalue weighted by Gasteiger charge is 2.10. The van der Waals surface area contributed by atoms with Crippen molar-refractivity contribution >= 4 is 5.97 Å². The number of ether oxygens (including phenoxy) is 2. The van der Waals surface area contributed by atoms with E-state index in [1.54, 1.807) is 7.11 Å². The number of rotatable bonds is 6. The van der Waals surface area contributed by atoms with Gasteiger partial charge < -0.3 is 14.8 Å². The van der Waals surface area contributed by atoms with Crippen LogP contribution in [0.2, 0.25) is 0 Å². The predicted octanol–water partition coefficient (Wildman–Crippen LogP) is 2.27. The van der Waals surface area contributed by atoms with Crippen molar-refractivity contribution < 1.29 is 14.3 Å². The highest BCUT2D eigenvalue weighted by atomic mass is 16.5.